The number of urea groups is 1. The topological polar surface area (TPSA) is 53.4 Å². The number of benzene rings is 2. The number of carbonyl (C=O) groups is 1. The second-order valence-corrected chi connectivity index (χ2v) is 7.47. The van der Waals surface area contributed by atoms with Gasteiger partial charge in [-0.25, -0.2) is 9.78 Å². The molecule has 0 aliphatic carbocycles. The van der Waals surface area contributed by atoms with Crippen LogP contribution < -0.4 is 10.2 Å². The molecule has 1 fully saturated rings. The van der Waals surface area contributed by atoms with E-state index >= 15 is 0 Å². The summed E-state index contributed by atoms with van der Waals surface area (Å²) < 4.78 is 3.24. The monoisotopic (exact) mass is 427 g/mol. The molecule has 1 aromatic heterocycles. The molecular weight excluding hydrogens is 406 g/mol. The van der Waals surface area contributed by atoms with Crippen molar-refractivity contribution in [3.8, 4) is 0 Å². The maximum Gasteiger partial charge on any atom is 0.321 e. The number of amides is 2. The molecule has 27 heavy (non-hydrogen) atoms. The predicted octanol–water partition coefficient (Wildman–Crippen LogP) is 4.17. The number of aromatic nitrogens is 2. The first-order valence-electron chi connectivity index (χ1n) is 9.17. The number of halogens is 1. The van der Waals surface area contributed by atoms with Crippen molar-refractivity contribution in [1.82, 2.24) is 14.5 Å². The number of para-hydroxylation sites is 2. The molecule has 1 aliphatic heterocycles. The van der Waals surface area contributed by atoms with Crippen LogP contribution in [0.3, 0.4) is 0 Å². The van der Waals surface area contributed by atoms with Crippen LogP contribution in [-0.2, 0) is 6.54 Å². The lowest BCUT2D eigenvalue weighted by Gasteiger charge is -2.35. The quantitative estimate of drug-likeness (QED) is 0.681. The summed E-state index contributed by atoms with van der Waals surface area (Å²) in [5.74, 6) is 0.992. The zero-order valence-corrected chi connectivity index (χ0v) is 16.8. The van der Waals surface area contributed by atoms with Crippen LogP contribution in [0.15, 0.2) is 53.0 Å². The average Bonchev–Trinajstić information content (AvgIpc) is 3.08. The number of nitrogens with zero attached hydrogens (tertiary/aromatic N) is 4. The summed E-state index contributed by atoms with van der Waals surface area (Å²) in [6.07, 6.45) is 0. The number of aryl methyl sites for hydroxylation is 1. The van der Waals surface area contributed by atoms with E-state index in [1.165, 1.54) is 0 Å². The lowest BCUT2D eigenvalue weighted by atomic mass is 10.3. The summed E-state index contributed by atoms with van der Waals surface area (Å²) in [6.45, 7) is 5.92. The fourth-order valence-corrected chi connectivity index (χ4v) is 3.73. The number of hydrogen-bond donors (Lipinski definition) is 1. The highest BCUT2D eigenvalue weighted by Gasteiger charge is 2.24. The van der Waals surface area contributed by atoms with E-state index in [9.17, 15) is 4.79 Å². The highest BCUT2D eigenvalue weighted by atomic mass is 79.9. The summed E-state index contributed by atoms with van der Waals surface area (Å²) >= 11 is 3.40. The Kier molecular flexibility index (Phi) is 5.03. The maximum absolute atomic E-state index is 12.5. The third kappa shape index (κ3) is 3.64. The molecule has 3 aromatic rings. The molecule has 1 N–H and O–H groups in total. The van der Waals surface area contributed by atoms with Crippen molar-refractivity contribution in [3.05, 3.63) is 53.0 Å². The van der Waals surface area contributed by atoms with Crippen LogP contribution in [0, 0.1) is 0 Å². The Morgan fingerprint density at radius 1 is 1.07 bits per heavy atom. The van der Waals surface area contributed by atoms with Gasteiger partial charge in [-0.05, 0) is 43.3 Å². The molecule has 1 aliphatic rings. The van der Waals surface area contributed by atoms with Crippen LogP contribution >= 0.6 is 15.9 Å². The van der Waals surface area contributed by atoms with E-state index in [4.69, 9.17) is 4.98 Å². The lowest BCUT2D eigenvalue weighted by molar-refractivity contribution is 0.208. The van der Waals surface area contributed by atoms with E-state index < -0.39 is 0 Å². The highest BCUT2D eigenvalue weighted by molar-refractivity contribution is 9.10. The smallest absolute Gasteiger partial charge is 0.321 e. The normalized spacial score (nSPS) is 14.6. The van der Waals surface area contributed by atoms with Gasteiger partial charge in [-0.2, -0.15) is 0 Å². The Morgan fingerprint density at radius 3 is 2.48 bits per heavy atom. The van der Waals surface area contributed by atoms with E-state index in [1.807, 2.05) is 47.4 Å². The van der Waals surface area contributed by atoms with Gasteiger partial charge in [-0.1, -0.05) is 28.1 Å². The van der Waals surface area contributed by atoms with Crippen LogP contribution in [0.4, 0.5) is 16.4 Å². The van der Waals surface area contributed by atoms with E-state index in [2.05, 4.69) is 43.7 Å². The van der Waals surface area contributed by atoms with Crippen molar-refractivity contribution in [2.45, 2.75) is 13.5 Å². The van der Waals surface area contributed by atoms with E-state index in [0.717, 1.165) is 46.8 Å². The molecule has 0 atom stereocenters. The van der Waals surface area contributed by atoms with Crippen LogP contribution in [0.1, 0.15) is 6.92 Å². The Balaban J connectivity index is 1.43. The number of hydrogen-bond acceptors (Lipinski definition) is 3. The first kappa shape index (κ1) is 17.9. The predicted molar refractivity (Wildman–Crippen MR) is 112 cm³/mol. The molecule has 1 saturated heterocycles. The zero-order valence-electron chi connectivity index (χ0n) is 15.2. The number of fused-ring (bicyclic) bond motifs is 1. The van der Waals surface area contributed by atoms with Crippen molar-refractivity contribution < 1.29 is 4.79 Å². The summed E-state index contributed by atoms with van der Waals surface area (Å²) in [6, 6.07) is 15.8. The molecule has 2 aromatic carbocycles. The summed E-state index contributed by atoms with van der Waals surface area (Å²) in [5.41, 5.74) is 2.98. The van der Waals surface area contributed by atoms with Crippen molar-refractivity contribution >= 4 is 44.6 Å². The molecular formula is C20H22BrN5O. The molecule has 0 bridgehead atoms. The first-order chi connectivity index (χ1) is 13.2. The minimum atomic E-state index is -0.0547. The maximum atomic E-state index is 12.5. The Morgan fingerprint density at radius 2 is 1.78 bits per heavy atom. The molecule has 6 nitrogen and oxygen atoms in total. The second kappa shape index (κ2) is 7.60. The number of imidazole rings is 1. The molecule has 2 amide bonds. The van der Waals surface area contributed by atoms with Gasteiger partial charge in [0, 0.05) is 42.9 Å². The van der Waals surface area contributed by atoms with Gasteiger partial charge in [0.25, 0.3) is 0 Å². The fraction of sp³-hybridized carbons (Fsp3) is 0.300. The Labute approximate surface area is 166 Å². The number of piperazine rings is 1. The van der Waals surface area contributed by atoms with Crippen molar-refractivity contribution in [1.29, 1.82) is 0 Å². The molecule has 2 heterocycles. The molecule has 0 radical (unpaired) electrons. The minimum absolute atomic E-state index is 0.0547. The van der Waals surface area contributed by atoms with Gasteiger partial charge >= 0.3 is 6.03 Å². The lowest BCUT2D eigenvalue weighted by Crippen LogP contribution is -2.50. The van der Waals surface area contributed by atoms with Crippen LogP contribution in [-0.4, -0.2) is 46.7 Å². The van der Waals surface area contributed by atoms with Gasteiger partial charge in [-0.15, -0.1) is 0 Å². The molecule has 0 spiro atoms. The first-order valence-corrected chi connectivity index (χ1v) is 9.96. The second-order valence-electron chi connectivity index (χ2n) is 6.56. The van der Waals surface area contributed by atoms with Gasteiger partial charge in [-0.3, -0.25) is 0 Å². The highest BCUT2D eigenvalue weighted by Crippen LogP contribution is 2.23. The number of carbonyl (C=O) groups excluding carboxylic acids is 1. The zero-order chi connectivity index (χ0) is 18.8. The average molecular weight is 428 g/mol. The van der Waals surface area contributed by atoms with Gasteiger partial charge in [0.2, 0.25) is 5.95 Å². The van der Waals surface area contributed by atoms with Crippen LogP contribution in [0.5, 0.6) is 0 Å². The van der Waals surface area contributed by atoms with E-state index in [-0.39, 0.29) is 6.03 Å². The summed E-state index contributed by atoms with van der Waals surface area (Å²) in [4.78, 5) is 21.5. The van der Waals surface area contributed by atoms with Crippen molar-refractivity contribution in [2.75, 3.05) is 36.4 Å². The van der Waals surface area contributed by atoms with E-state index in [1.54, 1.807) is 0 Å². The Bertz CT molecular complexity index is 945. The molecule has 4 rings (SSSR count). The number of nitrogens with one attached hydrogen (secondary N) is 1. The van der Waals surface area contributed by atoms with Crippen molar-refractivity contribution in [3.63, 3.8) is 0 Å². The molecule has 7 heteroatoms. The third-order valence-electron chi connectivity index (χ3n) is 4.90. The standard InChI is InChI=1S/C20H22BrN5O/c1-2-26-18-6-4-3-5-17(18)23-19(26)24-11-13-25(14-12-24)20(27)22-16-9-7-15(21)8-10-16/h3-10H,2,11-14H2,1H3,(H,22,27). The molecule has 140 valence electrons. The van der Waals surface area contributed by atoms with Gasteiger partial charge in [0.1, 0.15) is 0 Å². The molecule has 0 saturated carbocycles. The summed E-state index contributed by atoms with van der Waals surface area (Å²) in [7, 11) is 0. The molecule has 0 unspecified atom stereocenters. The third-order valence-corrected chi connectivity index (χ3v) is 5.42. The Hall–Kier alpha value is -2.54. The van der Waals surface area contributed by atoms with Gasteiger partial charge < -0.3 is 19.7 Å². The summed E-state index contributed by atoms with van der Waals surface area (Å²) in [5, 5.41) is 2.96. The van der Waals surface area contributed by atoms with Crippen LogP contribution in [0.25, 0.3) is 11.0 Å². The number of anilines is 2. The fourth-order valence-electron chi connectivity index (χ4n) is 3.46. The minimum Gasteiger partial charge on any atom is -0.339 e. The number of rotatable bonds is 3. The SMILES string of the molecule is CCn1c(N2CCN(C(=O)Nc3ccc(Br)cc3)CC2)nc2ccccc21. The van der Waals surface area contributed by atoms with Gasteiger partial charge in [0.15, 0.2) is 0 Å². The largest absolute Gasteiger partial charge is 0.339 e. The van der Waals surface area contributed by atoms with Gasteiger partial charge in [0.05, 0.1) is 11.0 Å². The van der Waals surface area contributed by atoms with Crippen molar-refractivity contribution in [2.24, 2.45) is 0 Å². The van der Waals surface area contributed by atoms with E-state index in [0.29, 0.717) is 13.1 Å². The van der Waals surface area contributed by atoms with Crippen LogP contribution in [0.2, 0.25) is 0 Å².